The van der Waals surface area contributed by atoms with Gasteiger partial charge in [0.1, 0.15) is 0 Å². The van der Waals surface area contributed by atoms with Gasteiger partial charge in [0, 0.05) is 6.42 Å². The van der Waals surface area contributed by atoms with Gasteiger partial charge in [-0.05, 0) is 32.1 Å². The lowest BCUT2D eigenvalue weighted by Crippen LogP contribution is -1.98. The highest BCUT2D eigenvalue weighted by molar-refractivity contribution is 5.68. The lowest BCUT2D eigenvalue weighted by molar-refractivity contribution is -0.140. The van der Waals surface area contributed by atoms with E-state index in [0.29, 0.717) is 6.42 Å². The number of carbonyl (C=O) groups is 1. The van der Waals surface area contributed by atoms with E-state index in [-0.39, 0.29) is 5.97 Å². The molecule has 0 heterocycles. The number of unbranched alkanes of at least 4 members (excludes halogenated alkanes) is 9. The molecule has 122 valence electrons. The first kappa shape index (κ1) is 19.9. The standard InChI is InChI=1S/C19H34O2/c1-3-4-5-6-7-8-9-10-11-12-13-14-15-16-17-18-19(20)21-2/h9-12H,3-8,13-18H2,1-2H3/b10-9-,12-11-. The smallest absolute Gasteiger partial charge is 0.305 e. The molecule has 0 saturated heterocycles. The molecule has 0 atom stereocenters. The Morgan fingerprint density at radius 1 is 0.810 bits per heavy atom. The molecule has 2 heteroatoms. The van der Waals surface area contributed by atoms with Crippen LogP contribution in [0.4, 0.5) is 0 Å². The van der Waals surface area contributed by atoms with E-state index >= 15 is 0 Å². The molecular formula is C19H34O2. The monoisotopic (exact) mass is 294 g/mol. The van der Waals surface area contributed by atoms with Crippen molar-refractivity contribution in [2.24, 2.45) is 0 Å². The van der Waals surface area contributed by atoms with Gasteiger partial charge in [-0.1, -0.05) is 69.8 Å². The summed E-state index contributed by atoms with van der Waals surface area (Å²) >= 11 is 0. The molecular weight excluding hydrogens is 260 g/mol. The van der Waals surface area contributed by atoms with E-state index in [9.17, 15) is 4.79 Å². The van der Waals surface area contributed by atoms with Gasteiger partial charge >= 0.3 is 5.97 Å². The van der Waals surface area contributed by atoms with Crippen LogP contribution in [-0.4, -0.2) is 13.1 Å². The summed E-state index contributed by atoms with van der Waals surface area (Å²) in [6.07, 6.45) is 23.0. The van der Waals surface area contributed by atoms with E-state index in [1.807, 2.05) is 0 Å². The molecule has 0 aromatic carbocycles. The lowest BCUT2D eigenvalue weighted by Gasteiger charge is -1.99. The van der Waals surface area contributed by atoms with Crippen LogP contribution in [0.5, 0.6) is 0 Å². The normalized spacial score (nSPS) is 11.5. The fourth-order valence-electron chi connectivity index (χ4n) is 2.20. The molecule has 0 N–H and O–H groups in total. The summed E-state index contributed by atoms with van der Waals surface area (Å²) in [6, 6.07) is 0. The molecule has 0 rings (SSSR count). The van der Waals surface area contributed by atoms with Crippen molar-refractivity contribution in [1.82, 2.24) is 0 Å². The third-order valence-electron chi connectivity index (χ3n) is 3.59. The average Bonchev–Trinajstić information content (AvgIpc) is 2.50. The Morgan fingerprint density at radius 2 is 1.33 bits per heavy atom. The van der Waals surface area contributed by atoms with Crippen molar-refractivity contribution in [3.05, 3.63) is 24.3 Å². The average molecular weight is 294 g/mol. The third-order valence-corrected chi connectivity index (χ3v) is 3.59. The number of rotatable bonds is 14. The van der Waals surface area contributed by atoms with Crippen LogP contribution in [0, 0.1) is 0 Å². The Hall–Kier alpha value is -1.05. The van der Waals surface area contributed by atoms with E-state index in [0.717, 1.165) is 19.3 Å². The number of carbonyl (C=O) groups excluding carboxylic acids is 1. The Morgan fingerprint density at radius 3 is 1.86 bits per heavy atom. The van der Waals surface area contributed by atoms with Crippen molar-refractivity contribution in [3.8, 4) is 0 Å². The molecule has 0 radical (unpaired) electrons. The van der Waals surface area contributed by atoms with E-state index in [1.54, 1.807) is 0 Å². The summed E-state index contributed by atoms with van der Waals surface area (Å²) in [7, 11) is 1.45. The Kier molecular flexibility index (Phi) is 16.2. The number of allylic oxidation sites excluding steroid dienone is 4. The number of esters is 1. The largest absolute Gasteiger partial charge is 0.469 e. The highest BCUT2D eigenvalue weighted by Gasteiger charge is 1.98. The zero-order valence-electron chi connectivity index (χ0n) is 14.1. The second kappa shape index (κ2) is 17.0. The minimum Gasteiger partial charge on any atom is -0.469 e. The van der Waals surface area contributed by atoms with Crippen LogP contribution in [0.1, 0.15) is 84.0 Å². The summed E-state index contributed by atoms with van der Waals surface area (Å²) in [5.74, 6) is -0.0882. The number of methoxy groups -OCH3 is 1. The van der Waals surface area contributed by atoms with Gasteiger partial charge in [-0.25, -0.2) is 0 Å². The van der Waals surface area contributed by atoms with E-state index < -0.39 is 0 Å². The molecule has 0 aliphatic heterocycles. The fraction of sp³-hybridized carbons (Fsp3) is 0.737. The second-order valence-corrected chi connectivity index (χ2v) is 5.59. The minimum atomic E-state index is -0.0882. The molecule has 0 aromatic heterocycles. The maximum Gasteiger partial charge on any atom is 0.305 e. The van der Waals surface area contributed by atoms with Gasteiger partial charge in [-0.15, -0.1) is 0 Å². The maximum absolute atomic E-state index is 10.9. The van der Waals surface area contributed by atoms with Crippen molar-refractivity contribution >= 4 is 5.97 Å². The summed E-state index contributed by atoms with van der Waals surface area (Å²) in [5.41, 5.74) is 0. The van der Waals surface area contributed by atoms with E-state index in [4.69, 9.17) is 0 Å². The van der Waals surface area contributed by atoms with Gasteiger partial charge in [0.25, 0.3) is 0 Å². The zero-order chi connectivity index (χ0) is 15.6. The second-order valence-electron chi connectivity index (χ2n) is 5.59. The number of hydrogen-bond donors (Lipinski definition) is 0. The first-order valence-electron chi connectivity index (χ1n) is 8.69. The first-order valence-corrected chi connectivity index (χ1v) is 8.69. The fourth-order valence-corrected chi connectivity index (χ4v) is 2.20. The lowest BCUT2D eigenvalue weighted by atomic mass is 10.1. The van der Waals surface area contributed by atoms with Gasteiger partial charge in [0.15, 0.2) is 0 Å². The van der Waals surface area contributed by atoms with Gasteiger partial charge in [0.05, 0.1) is 7.11 Å². The van der Waals surface area contributed by atoms with Crippen LogP contribution in [0.3, 0.4) is 0 Å². The van der Waals surface area contributed by atoms with Gasteiger partial charge < -0.3 is 4.74 Å². The molecule has 0 unspecified atom stereocenters. The summed E-state index contributed by atoms with van der Waals surface area (Å²) in [4.78, 5) is 10.9. The Balaban J connectivity index is 3.23. The minimum absolute atomic E-state index is 0.0882. The van der Waals surface area contributed by atoms with Crippen molar-refractivity contribution < 1.29 is 9.53 Å². The zero-order valence-corrected chi connectivity index (χ0v) is 14.1. The molecule has 0 aromatic rings. The van der Waals surface area contributed by atoms with Crippen molar-refractivity contribution in [2.75, 3.05) is 7.11 Å². The predicted molar refractivity (Wildman–Crippen MR) is 91.4 cm³/mol. The topological polar surface area (TPSA) is 26.3 Å². The molecule has 21 heavy (non-hydrogen) atoms. The van der Waals surface area contributed by atoms with Crippen molar-refractivity contribution in [2.45, 2.75) is 84.0 Å². The Bertz CT molecular complexity index is 279. The highest BCUT2D eigenvalue weighted by Crippen LogP contribution is 2.07. The van der Waals surface area contributed by atoms with E-state index in [1.165, 1.54) is 58.5 Å². The maximum atomic E-state index is 10.9. The molecule has 0 bridgehead atoms. The van der Waals surface area contributed by atoms with Crippen LogP contribution in [0.15, 0.2) is 24.3 Å². The van der Waals surface area contributed by atoms with Crippen molar-refractivity contribution in [1.29, 1.82) is 0 Å². The molecule has 0 fully saturated rings. The van der Waals surface area contributed by atoms with Gasteiger partial charge in [0.2, 0.25) is 0 Å². The molecule has 2 nitrogen and oxygen atoms in total. The van der Waals surface area contributed by atoms with Crippen LogP contribution in [0.2, 0.25) is 0 Å². The summed E-state index contributed by atoms with van der Waals surface area (Å²) in [6.45, 7) is 2.25. The van der Waals surface area contributed by atoms with Crippen LogP contribution < -0.4 is 0 Å². The van der Waals surface area contributed by atoms with Crippen LogP contribution >= 0.6 is 0 Å². The Labute approximate surface area is 131 Å². The van der Waals surface area contributed by atoms with Crippen LogP contribution in [0.25, 0.3) is 0 Å². The SMILES string of the molecule is CCCCCCC/C=C\C=C/CCCCCCC(=O)OC. The quantitative estimate of drug-likeness (QED) is 0.224. The highest BCUT2D eigenvalue weighted by atomic mass is 16.5. The molecule has 0 aliphatic rings. The van der Waals surface area contributed by atoms with E-state index in [2.05, 4.69) is 36.0 Å². The summed E-state index contributed by atoms with van der Waals surface area (Å²) in [5, 5.41) is 0. The molecule has 0 saturated carbocycles. The van der Waals surface area contributed by atoms with Crippen LogP contribution in [-0.2, 0) is 9.53 Å². The molecule has 0 aliphatic carbocycles. The molecule has 0 spiro atoms. The summed E-state index contributed by atoms with van der Waals surface area (Å²) < 4.78 is 4.61. The number of ether oxygens (including phenoxy) is 1. The molecule has 0 amide bonds. The number of hydrogen-bond acceptors (Lipinski definition) is 2. The van der Waals surface area contributed by atoms with Gasteiger partial charge in [-0.2, -0.15) is 0 Å². The van der Waals surface area contributed by atoms with Crippen molar-refractivity contribution in [3.63, 3.8) is 0 Å². The predicted octanol–water partition coefficient (Wildman–Crippen LogP) is 5.97. The van der Waals surface area contributed by atoms with Gasteiger partial charge in [-0.3, -0.25) is 4.79 Å². The first-order chi connectivity index (χ1) is 10.3. The third kappa shape index (κ3) is 16.9.